The molecule has 1 aliphatic rings. The molecular weight excluding hydrogens is 232 g/mol. The quantitative estimate of drug-likeness (QED) is 0.648. The molecule has 0 spiro atoms. The lowest BCUT2D eigenvalue weighted by molar-refractivity contribution is -0.0174. The summed E-state index contributed by atoms with van der Waals surface area (Å²) in [7, 11) is 3.49. The fourth-order valence-electron chi connectivity index (χ4n) is 2.44. The van der Waals surface area contributed by atoms with Crippen LogP contribution in [0.4, 0.5) is 0 Å². The highest BCUT2D eigenvalue weighted by atomic mass is 16.5. The molecule has 0 aromatic rings. The van der Waals surface area contributed by atoms with Crippen LogP contribution in [0.5, 0.6) is 0 Å². The van der Waals surface area contributed by atoms with E-state index in [9.17, 15) is 0 Å². The highest BCUT2D eigenvalue weighted by Crippen LogP contribution is 2.14. The van der Waals surface area contributed by atoms with Crippen LogP contribution in [0.3, 0.4) is 0 Å². The van der Waals surface area contributed by atoms with Crippen molar-refractivity contribution in [1.29, 1.82) is 0 Å². The minimum Gasteiger partial charge on any atom is -0.383 e. The number of ether oxygens (including phenoxy) is 3. The lowest BCUT2D eigenvalue weighted by Crippen LogP contribution is -2.56. The molecule has 0 aliphatic carbocycles. The van der Waals surface area contributed by atoms with E-state index in [1.54, 1.807) is 14.2 Å². The summed E-state index contributed by atoms with van der Waals surface area (Å²) >= 11 is 0. The van der Waals surface area contributed by atoms with Gasteiger partial charge in [-0.3, -0.25) is 4.90 Å². The zero-order valence-electron chi connectivity index (χ0n) is 12.0. The maximum Gasteiger partial charge on any atom is 0.0637 e. The van der Waals surface area contributed by atoms with Gasteiger partial charge in [0, 0.05) is 46.0 Å². The molecule has 5 nitrogen and oxygen atoms in total. The highest BCUT2D eigenvalue weighted by Gasteiger charge is 2.29. The zero-order valence-corrected chi connectivity index (χ0v) is 12.0. The van der Waals surface area contributed by atoms with E-state index in [2.05, 4.69) is 17.1 Å². The molecule has 1 N–H and O–H groups in total. The van der Waals surface area contributed by atoms with Gasteiger partial charge in [0.1, 0.15) is 0 Å². The number of hydrogen-bond acceptors (Lipinski definition) is 5. The molecule has 0 amide bonds. The third kappa shape index (κ3) is 5.20. The minimum atomic E-state index is 0.420. The van der Waals surface area contributed by atoms with Crippen LogP contribution in [-0.4, -0.2) is 77.3 Å². The fraction of sp³-hybridized carbons (Fsp3) is 1.00. The van der Waals surface area contributed by atoms with E-state index in [0.29, 0.717) is 12.1 Å². The number of likely N-dealkylation sites (N-methyl/N-ethyl adjacent to an activating group) is 1. The lowest BCUT2D eigenvalue weighted by atomic mass is 10.0. The molecule has 2 atom stereocenters. The van der Waals surface area contributed by atoms with Gasteiger partial charge in [0.25, 0.3) is 0 Å². The number of nitrogens with zero attached hydrogens (tertiary/aromatic N) is 1. The van der Waals surface area contributed by atoms with Gasteiger partial charge in [0.2, 0.25) is 0 Å². The monoisotopic (exact) mass is 260 g/mol. The number of hydrogen-bond donors (Lipinski definition) is 1. The minimum absolute atomic E-state index is 0.420. The summed E-state index contributed by atoms with van der Waals surface area (Å²) in [6.45, 7) is 8.16. The molecule has 1 fully saturated rings. The van der Waals surface area contributed by atoms with Crippen molar-refractivity contribution < 1.29 is 14.2 Å². The van der Waals surface area contributed by atoms with Crippen molar-refractivity contribution in [3.05, 3.63) is 0 Å². The molecule has 18 heavy (non-hydrogen) atoms. The van der Waals surface area contributed by atoms with Crippen molar-refractivity contribution in [3.8, 4) is 0 Å². The van der Waals surface area contributed by atoms with Gasteiger partial charge in [0.05, 0.1) is 19.8 Å². The van der Waals surface area contributed by atoms with Crippen LogP contribution in [0.1, 0.15) is 13.3 Å². The third-order valence-electron chi connectivity index (χ3n) is 3.43. The summed E-state index contributed by atoms with van der Waals surface area (Å²) in [5.41, 5.74) is 0. The summed E-state index contributed by atoms with van der Waals surface area (Å²) in [5, 5.41) is 3.56. The molecule has 2 unspecified atom stereocenters. The second-order valence-electron chi connectivity index (χ2n) is 4.62. The van der Waals surface area contributed by atoms with Crippen molar-refractivity contribution in [1.82, 2.24) is 10.2 Å². The summed E-state index contributed by atoms with van der Waals surface area (Å²) in [5.74, 6) is 0. The average molecular weight is 260 g/mol. The second-order valence-corrected chi connectivity index (χ2v) is 4.62. The maximum atomic E-state index is 5.64. The Morgan fingerprint density at radius 3 is 2.44 bits per heavy atom. The Hall–Kier alpha value is -0.200. The van der Waals surface area contributed by atoms with Gasteiger partial charge in [-0.05, 0) is 13.0 Å². The average Bonchev–Trinajstić information content (AvgIpc) is 2.40. The van der Waals surface area contributed by atoms with Gasteiger partial charge >= 0.3 is 0 Å². The van der Waals surface area contributed by atoms with Crippen molar-refractivity contribution in [2.45, 2.75) is 25.4 Å². The molecule has 0 saturated carbocycles. The predicted molar refractivity (Wildman–Crippen MR) is 72.0 cm³/mol. The molecule has 1 heterocycles. The van der Waals surface area contributed by atoms with E-state index in [1.165, 1.54) is 0 Å². The Bertz CT molecular complexity index is 195. The first-order valence-corrected chi connectivity index (χ1v) is 6.86. The molecule has 1 saturated heterocycles. The van der Waals surface area contributed by atoms with Crippen LogP contribution in [0.25, 0.3) is 0 Å². The van der Waals surface area contributed by atoms with Crippen LogP contribution < -0.4 is 5.32 Å². The Morgan fingerprint density at radius 2 is 1.89 bits per heavy atom. The van der Waals surface area contributed by atoms with E-state index in [0.717, 1.165) is 52.5 Å². The molecule has 0 radical (unpaired) electrons. The second kappa shape index (κ2) is 9.69. The van der Waals surface area contributed by atoms with Gasteiger partial charge in [-0.25, -0.2) is 0 Å². The first kappa shape index (κ1) is 15.9. The van der Waals surface area contributed by atoms with Crippen LogP contribution in [0, 0.1) is 0 Å². The smallest absolute Gasteiger partial charge is 0.0637 e. The predicted octanol–water partition coefficient (Wildman–Crippen LogP) is 0.348. The normalized spacial score (nSPS) is 24.7. The number of nitrogens with one attached hydrogen (secondary N) is 1. The maximum absolute atomic E-state index is 5.64. The summed E-state index contributed by atoms with van der Waals surface area (Å²) in [6.07, 6.45) is 1.08. The van der Waals surface area contributed by atoms with Gasteiger partial charge < -0.3 is 19.5 Å². The lowest BCUT2D eigenvalue weighted by Gasteiger charge is -2.40. The molecule has 0 aromatic carbocycles. The summed E-state index contributed by atoms with van der Waals surface area (Å²) in [4.78, 5) is 2.42. The topological polar surface area (TPSA) is 43.0 Å². The van der Waals surface area contributed by atoms with Crippen molar-refractivity contribution in [2.24, 2.45) is 0 Å². The molecule has 108 valence electrons. The van der Waals surface area contributed by atoms with Gasteiger partial charge in [-0.15, -0.1) is 0 Å². The van der Waals surface area contributed by atoms with E-state index >= 15 is 0 Å². The van der Waals surface area contributed by atoms with Gasteiger partial charge in [-0.1, -0.05) is 6.92 Å². The number of methoxy groups -OCH3 is 2. The van der Waals surface area contributed by atoms with E-state index in [4.69, 9.17) is 14.2 Å². The zero-order chi connectivity index (χ0) is 13.2. The first-order chi connectivity index (χ1) is 8.83. The van der Waals surface area contributed by atoms with Crippen LogP contribution in [-0.2, 0) is 14.2 Å². The van der Waals surface area contributed by atoms with E-state index < -0.39 is 0 Å². The van der Waals surface area contributed by atoms with Crippen LogP contribution in [0.15, 0.2) is 0 Å². The van der Waals surface area contributed by atoms with Gasteiger partial charge in [-0.2, -0.15) is 0 Å². The van der Waals surface area contributed by atoms with Gasteiger partial charge in [0.15, 0.2) is 0 Å². The molecule has 0 bridgehead atoms. The van der Waals surface area contributed by atoms with E-state index in [-0.39, 0.29) is 0 Å². The molecule has 1 aliphatic heterocycles. The van der Waals surface area contributed by atoms with Crippen molar-refractivity contribution >= 4 is 0 Å². The highest BCUT2D eigenvalue weighted by molar-refractivity contribution is 4.87. The van der Waals surface area contributed by atoms with Crippen molar-refractivity contribution in [3.63, 3.8) is 0 Å². The van der Waals surface area contributed by atoms with Crippen LogP contribution in [0.2, 0.25) is 0 Å². The molecular formula is C13H28N2O3. The summed E-state index contributed by atoms with van der Waals surface area (Å²) in [6, 6.07) is 0.932. The fourth-order valence-corrected chi connectivity index (χ4v) is 2.44. The van der Waals surface area contributed by atoms with Crippen molar-refractivity contribution in [2.75, 3.05) is 60.3 Å². The first-order valence-electron chi connectivity index (χ1n) is 6.86. The Labute approximate surface area is 111 Å². The standard InChI is InChI=1S/C13H28N2O3/c1-4-14-12-5-8-18-11-13(12)15(6-9-16-2)7-10-17-3/h12-14H,4-11H2,1-3H3. The summed E-state index contributed by atoms with van der Waals surface area (Å²) < 4.78 is 16.0. The van der Waals surface area contributed by atoms with E-state index in [1.807, 2.05) is 0 Å². The number of rotatable bonds is 9. The Balaban J connectivity index is 2.54. The Morgan fingerprint density at radius 1 is 1.22 bits per heavy atom. The SMILES string of the molecule is CCNC1CCOCC1N(CCOC)CCOC. The molecule has 1 rings (SSSR count). The third-order valence-corrected chi connectivity index (χ3v) is 3.43. The van der Waals surface area contributed by atoms with Crippen LogP contribution >= 0.6 is 0 Å². The molecule has 5 heteroatoms. The Kier molecular flexibility index (Phi) is 8.54. The largest absolute Gasteiger partial charge is 0.383 e. The molecule has 0 aromatic heterocycles.